The Morgan fingerprint density at radius 3 is 2.92 bits per heavy atom. The van der Waals surface area contributed by atoms with E-state index >= 15 is 0 Å². The molecule has 13 heavy (non-hydrogen) atoms. The lowest BCUT2D eigenvalue weighted by Gasteiger charge is -1.95. The number of anilines is 1. The number of halogens is 1. The summed E-state index contributed by atoms with van der Waals surface area (Å²) in [5, 5.41) is 1.93. The highest BCUT2D eigenvalue weighted by Crippen LogP contribution is 2.27. The monoisotopic (exact) mass is 211 g/mol. The summed E-state index contributed by atoms with van der Waals surface area (Å²) in [5.74, 6) is 0.278. The maximum atomic E-state index is 5.79. The molecule has 0 aliphatic heterocycles. The maximum absolute atomic E-state index is 5.79. The third-order valence-electron chi connectivity index (χ3n) is 1.54. The molecule has 0 atom stereocenters. The lowest BCUT2D eigenvalue weighted by Crippen LogP contribution is -1.94. The van der Waals surface area contributed by atoms with Crippen molar-refractivity contribution in [1.29, 1.82) is 0 Å². The average Bonchev–Trinajstić information content (AvgIpc) is 2.52. The van der Waals surface area contributed by atoms with Gasteiger partial charge in [-0.3, -0.25) is 0 Å². The molecule has 0 bridgehead atoms. The Labute approximate surface area is 84.2 Å². The third kappa shape index (κ3) is 1.79. The Hall–Kier alpha value is -1.13. The van der Waals surface area contributed by atoms with Crippen LogP contribution < -0.4 is 5.73 Å². The lowest BCUT2D eigenvalue weighted by molar-refractivity contribution is 1.19. The molecule has 2 heterocycles. The van der Waals surface area contributed by atoms with E-state index in [0.717, 1.165) is 15.6 Å². The fourth-order valence-electron chi connectivity index (χ4n) is 0.979. The average molecular weight is 212 g/mol. The van der Waals surface area contributed by atoms with Gasteiger partial charge < -0.3 is 5.73 Å². The fourth-order valence-corrected chi connectivity index (χ4v) is 1.85. The van der Waals surface area contributed by atoms with Crippen LogP contribution in [-0.2, 0) is 0 Å². The van der Waals surface area contributed by atoms with Gasteiger partial charge >= 0.3 is 0 Å². The summed E-state index contributed by atoms with van der Waals surface area (Å²) in [6, 6.07) is 3.66. The molecule has 0 radical (unpaired) electrons. The lowest BCUT2D eigenvalue weighted by atomic mass is 10.2. The second kappa shape index (κ2) is 3.32. The van der Waals surface area contributed by atoms with Gasteiger partial charge in [-0.25, -0.2) is 9.97 Å². The molecule has 0 unspecified atom stereocenters. The van der Waals surface area contributed by atoms with E-state index < -0.39 is 0 Å². The SMILES string of the molecule is Nc1nccc(-c2csc(Cl)c2)n1. The first-order valence-corrected chi connectivity index (χ1v) is 4.84. The van der Waals surface area contributed by atoms with Crippen LogP contribution in [0.2, 0.25) is 4.34 Å². The van der Waals surface area contributed by atoms with Crippen molar-refractivity contribution in [2.75, 3.05) is 5.73 Å². The van der Waals surface area contributed by atoms with Crippen LogP contribution in [0.1, 0.15) is 0 Å². The smallest absolute Gasteiger partial charge is 0.220 e. The predicted molar refractivity (Wildman–Crippen MR) is 54.8 cm³/mol. The molecule has 0 spiro atoms. The van der Waals surface area contributed by atoms with E-state index in [-0.39, 0.29) is 5.95 Å². The molecule has 0 fully saturated rings. The minimum absolute atomic E-state index is 0.278. The van der Waals surface area contributed by atoms with E-state index in [1.807, 2.05) is 11.4 Å². The van der Waals surface area contributed by atoms with Crippen molar-refractivity contribution in [2.45, 2.75) is 0 Å². The quantitative estimate of drug-likeness (QED) is 0.788. The number of rotatable bonds is 1. The van der Waals surface area contributed by atoms with Crippen LogP contribution in [0.15, 0.2) is 23.7 Å². The van der Waals surface area contributed by atoms with Crippen molar-refractivity contribution in [1.82, 2.24) is 9.97 Å². The Kier molecular flexibility index (Phi) is 2.16. The van der Waals surface area contributed by atoms with Crippen molar-refractivity contribution in [3.05, 3.63) is 28.0 Å². The number of nitrogens with zero attached hydrogens (tertiary/aromatic N) is 2. The van der Waals surface area contributed by atoms with Crippen LogP contribution in [0.3, 0.4) is 0 Å². The number of thiophene rings is 1. The summed E-state index contributed by atoms with van der Waals surface area (Å²) in [4.78, 5) is 7.88. The zero-order chi connectivity index (χ0) is 9.26. The van der Waals surface area contributed by atoms with Crippen LogP contribution in [0.25, 0.3) is 11.3 Å². The summed E-state index contributed by atoms with van der Waals surface area (Å²) < 4.78 is 0.743. The molecule has 0 saturated carbocycles. The highest BCUT2D eigenvalue weighted by molar-refractivity contribution is 7.14. The summed E-state index contributed by atoms with van der Waals surface area (Å²) in [7, 11) is 0. The zero-order valence-corrected chi connectivity index (χ0v) is 8.14. The second-order valence-corrected chi connectivity index (χ2v) is 3.98. The van der Waals surface area contributed by atoms with Gasteiger partial charge in [-0.05, 0) is 12.1 Å². The molecule has 0 aromatic carbocycles. The van der Waals surface area contributed by atoms with Crippen molar-refractivity contribution in [2.24, 2.45) is 0 Å². The van der Waals surface area contributed by atoms with E-state index in [9.17, 15) is 0 Å². The number of nitrogen functional groups attached to an aromatic ring is 1. The van der Waals surface area contributed by atoms with Gasteiger partial charge in [0.25, 0.3) is 0 Å². The van der Waals surface area contributed by atoms with Crippen LogP contribution in [0, 0.1) is 0 Å². The van der Waals surface area contributed by atoms with E-state index in [4.69, 9.17) is 17.3 Å². The first-order valence-electron chi connectivity index (χ1n) is 3.58. The van der Waals surface area contributed by atoms with Gasteiger partial charge in [0.2, 0.25) is 5.95 Å². The second-order valence-electron chi connectivity index (χ2n) is 2.44. The van der Waals surface area contributed by atoms with Gasteiger partial charge in [0.05, 0.1) is 10.0 Å². The molecule has 0 amide bonds. The molecule has 0 aliphatic rings. The van der Waals surface area contributed by atoms with E-state index in [0.29, 0.717) is 0 Å². The minimum Gasteiger partial charge on any atom is -0.368 e. The first-order chi connectivity index (χ1) is 6.25. The molecule has 0 aliphatic carbocycles. The van der Waals surface area contributed by atoms with Crippen molar-refractivity contribution in [3.63, 3.8) is 0 Å². The van der Waals surface area contributed by atoms with Gasteiger partial charge in [0, 0.05) is 17.1 Å². The molecular formula is C8H6ClN3S. The molecular weight excluding hydrogens is 206 g/mol. The Balaban J connectivity index is 2.46. The molecule has 0 saturated heterocycles. The topological polar surface area (TPSA) is 51.8 Å². The molecule has 3 nitrogen and oxygen atoms in total. The summed E-state index contributed by atoms with van der Waals surface area (Å²) >= 11 is 7.26. The third-order valence-corrected chi connectivity index (χ3v) is 2.63. The van der Waals surface area contributed by atoms with Gasteiger partial charge in [0.15, 0.2) is 0 Å². The highest BCUT2D eigenvalue weighted by atomic mass is 35.5. The Morgan fingerprint density at radius 2 is 2.31 bits per heavy atom. The zero-order valence-electron chi connectivity index (χ0n) is 6.57. The van der Waals surface area contributed by atoms with Crippen LogP contribution >= 0.6 is 22.9 Å². The summed E-state index contributed by atoms with van der Waals surface area (Å²) in [5.41, 5.74) is 7.23. The summed E-state index contributed by atoms with van der Waals surface area (Å²) in [6.45, 7) is 0. The highest BCUT2D eigenvalue weighted by Gasteiger charge is 2.02. The molecule has 2 aromatic rings. The van der Waals surface area contributed by atoms with Gasteiger partial charge in [-0.2, -0.15) is 0 Å². The van der Waals surface area contributed by atoms with Gasteiger partial charge in [-0.1, -0.05) is 11.6 Å². The van der Waals surface area contributed by atoms with Crippen molar-refractivity contribution in [3.8, 4) is 11.3 Å². The number of nitrogens with two attached hydrogens (primary N) is 1. The van der Waals surface area contributed by atoms with Crippen LogP contribution in [-0.4, -0.2) is 9.97 Å². The first kappa shape index (κ1) is 8.47. The van der Waals surface area contributed by atoms with Crippen molar-refractivity contribution >= 4 is 28.9 Å². The molecule has 66 valence electrons. The van der Waals surface area contributed by atoms with Crippen LogP contribution in [0.4, 0.5) is 5.95 Å². The molecule has 5 heteroatoms. The van der Waals surface area contributed by atoms with Crippen molar-refractivity contribution < 1.29 is 0 Å². The molecule has 2 N–H and O–H groups in total. The van der Waals surface area contributed by atoms with Crippen LogP contribution in [0.5, 0.6) is 0 Å². The van der Waals surface area contributed by atoms with E-state index in [1.54, 1.807) is 12.3 Å². The summed E-state index contributed by atoms with van der Waals surface area (Å²) in [6.07, 6.45) is 1.63. The Morgan fingerprint density at radius 1 is 1.46 bits per heavy atom. The largest absolute Gasteiger partial charge is 0.368 e. The predicted octanol–water partition coefficient (Wildman–Crippen LogP) is 2.44. The van der Waals surface area contributed by atoms with Gasteiger partial charge in [-0.15, -0.1) is 11.3 Å². The Bertz CT molecular complexity index is 427. The molecule has 2 rings (SSSR count). The standard InChI is InChI=1S/C8H6ClN3S/c9-7-3-5(4-13-7)6-1-2-11-8(10)12-6/h1-4H,(H2,10,11,12). The minimum atomic E-state index is 0.278. The van der Waals surface area contributed by atoms with Gasteiger partial charge in [0.1, 0.15) is 0 Å². The molecule has 2 aromatic heterocycles. The maximum Gasteiger partial charge on any atom is 0.220 e. The number of hydrogen-bond acceptors (Lipinski definition) is 4. The number of hydrogen-bond donors (Lipinski definition) is 1. The van der Waals surface area contributed by atoms with E-state index in [2.05, 4.69) is 9.97 Å². The van der Waals surface area contributed by atoms with E-state index in [1.165, 1.54) is 11.3 Å². The number of aromatic nitrogens is 2. The fraction of sp³-hybridized carbons (Fsp3) is 0. The normalized spacial score (nSPS) is 10.2.